The van der Waals surface area contributed by atoms with Gasteiger partial charge in [-0.3, -0.25) is 9.59 Å². The summed E-state index contributed by atoms with van der Waals surface area (Å²) in [4.78, 5) is 46.6. The number of hydrogen-bond donors (Lipinski definition) is 2. The highest BCUT2D eigenvalue weighted by atomic mass is 16.7. The fourth-order valence-electron chi connectivity index (χ4n) is 3.12. The first-order valence-corrected chi connectivity index (χ1v) is 9.39. The summed E-state index contributed by atoms with van der Waals surface area (Å²) in [7, 11) is 0. The number of rotatable bonds is 8. The van der Waals surface area contributed by atoms with Crippen molar-refractivity contribution in [3.63, 3.8) is 0 Å². The van der Waals surface area contributed by atoms with Gasteiger partial charge in [-0.2, -0.15) is 0 Å². The van der Waals surface area contributed by atoms with E-state index in [1.165, 1.54) is 6.92 Å². The minimum Gasteiger partial charge on any atom is -0.481 e. The molecular formula is C19H31NO7. The minimum absolute atomic E-state index is 0.000396. The van der Waals surface area contributed by atoms with Gasteiger partial charge in [0.1, 0.15) is 0 Å². The van der Waals surface area contributed by atoms with Crippen LogP contribution in [0.3, 0.4) is 0 Å². The molecule has 0 saturated heterocycles. The molecule has 0 heterocycles. The third kappa shape index (κ3) is 7.56. The Bertz CT molecular complexity index is 559. The number of Topliss-reactive ketones (excluding diaryl/α,β-unsaturated/α-hetero) is 1. The maximum absolute atomic E-state index is 12.2. The van der Waals surface area contributed by atoms with Gasteiger partial charge in [0.2, 0.25) is 5.78 Å². The number of nitrogens with one attached hydrogen (secondary N) is 1. The van der Waals surface area contributed by atoms with Gasteiger partial charge in [-0.1, -0.05) is 47.0 Å². The van der Waals surface area contributed by atoms with E-state index in [9.17, 15) is 24.3 Å². The van der Waals surface area contributed by atoms with Gasteiger partial charge in [-0.15, -0.1) is 0 Å². The Kier molecular flexibility index (Phi) is 8.24. The summed E-state index contributed by atoms with van der Waals surface area (Å²) >= 11 is 0. The van der Waals surface area contributed by atoms with Gasteiger partial charge in [0, 0.05) is 18.4 Å². The van der Waals surface area contributed by atoms with Crippen LogP contribution in [0.1, 0.15) is 72.6 Å². The molecule has 1 unspecified atom stereocenters. The molecule has 0 aromatic heterocycles. The quantitative estimate of drug-likeness (QED) is 0.374. The number of hydrogen-bond acceptors (Lipinski definition) is 6. The van der Waals surface area contributed by atoms with E-state index in [4.69, 9.17) is 9.47 Å². The molecule has 1 aliphatic rings. The number of aliphatic carboxylic acids is 1. The number of carbonyl (C=O) groups excluding carboxylic acids is 3. The van der Waals surface area contributed by atoms with E-state index in [1.54, 1.807) is 20.8 Å². The van der Waals surface area contributed by atoms with Crippen molar-refractivity contribution in [1.82, 2.24) is 5.32 Å². The molecule has 0 bridgehead atoms. The van der Waals surface area contributed by atoms with Gasteiger partial charge in [0.05, 0.1) is 6.42 Å². The Morgan fingerprint density at radius 3 is 2.15 bits per heavy atom. The van der Waals surface area contributed by atoms with Crippen molar-refractivity contribution >= 4 is 23.8 Å². The van der Waals surface area contributed by atoms with Crippen LogP contribution in [0.25, 0.3) is 0 Å². The molecule has 8 heteroatoms. The average molecular weight is 385 g/mol. The van der Waals surface area contributed by atoms with Crippen LogP contribution in [0.15, 0.2) is 0 Å². The maximum atomic E-state index is 12.2. The zero-order valence-corrected chi connectivity index (χ0v) is 16.6. The van der Waals surface area contributed by atoms with Crippen molar-refractivity contribution < 1.29 is 33.8 Å². The molecule has 154 valence electrons. The van der Waals surface area contributed by atoms with Crippen molar-refractivity contribution in [3.05, 3.63) is 0 Å². The summed E-state index contributed by atoms with van der Waals surface area (Å²) in [5, 5.41) is 11.8. The Labute approximate surface area is 160 Å². The average Bonchev–Trinajstić information content (AvgIpc) is 2.58. The largest absolute Gasteiger partial charge is 0.481 e. The second-order valence-corrected chi connectivity index (χ2v) is 8.27. The standard InChI is InChI=1S/C19H31NO7/c1-5-13(21)15(24)26-16(18(2,3)4)27-17(25)20-12-19(11-14(22)23)9-7-6-8-10-19/h16H,5-12H2,1-4H3,(H,20,25)(H,22,23). The molecule has 0 aliphatic heterocycles. The molecule has 1 fully saturated rings. The fraction of sp³-hybridized carbons (Fsp3) is 0.789. The summed E-state index contributed by atoms with van der Waals surface area (Å²) in [6.07, 6.45) is 2.29. The monoisotopic (exact) mass is 385 g/mol. The van der Waals surface area contributed by atoms with Crippen molar-refractivity contribution in [2.45, 2.75) is 78.9 Å². The van der Waals surface area contributed by atoms with Gasteiger partial charge in [-0.25, -0.2) is 9.59 Å². The van der Waals surface area contributed by atoms with Crippen LogP contribution >= 0.6 is 0 Å². The first-order valence-electron chi connectivity index (χ1n) is 9.39. The highest BCUT2D eigenvalue weighted by Crippen LogP contribution is 2.38. The zero-order valence-electron chi connectivity index (χ0n) is 16.6. The lowest BCUT2D eigenvalue weighted by Gasteiger charge is -2.36. The van der Waals surface area contributed by atoms with Gasteiger partial charge in [-0.05, 0) is 18.3 Å². The molecule has 1 amide bonds. The number of ether oxygens (including phenoxy) is 2. The number of carboxylic acids is 1. The fourth-order valence-corrected chi connectivity index (χ4v) is 3.12. The molecule has 0 aromatic carbocycles. The Hall–Kier alpha value is -2.12. The number of alkyl carbamates (subject to hydrolysis) is 1. The predicted octanol–water partition coefficient (Wildman–Crippen LogP) is 3.03. The van der Waals surface area contributed by atoms with E-state index in [2.05, 4.69) is 5.32 Å². The predicted molar refractivity (Wildman–Crippen MR) is 96.9 cm³/mol. The Morgan fingerprint density at radius 1 is 1.07 bits per heavy atom. The van der Waals surface area contributed by atoms with E-state index < -0.39 is 40.9 Å². The van der Waals surface area contributed by atoms with E-state index in [0.29, 0.717) is 0 Å². The van der Waals surface area contributed by atoms with Crippen LogP contribution in [0, 0.1) is 10.8 Å². The molecule has 1 atom stereocenters. The lowest BCUT2D eigenvalue weighted by atomic mass is 9.72. The van der Waals surface area contributed by atoms with Crippen LogP contribution in [-0.4, -0.2) is 41.8 Å². The number of ketones is 1. The number of esters is 1. The first-order chi connectivity index (χ1) is 12.5. The third-order valence-corrected chi connectivity index (χ3v) is 4.73. The SMILES string of the molecule is CCC(=O)C(=O)OC(OC(=O)NCC1(CC(=O)O)CCCCC1)C(C)(C)C. The molecule has 0 aromatic rings. The summed E-state index contributed by atoms with van der Waals surface area (Å²) in [6.45, 7) is 6.84. The molecule has 1 aliphatic carbocycles. The van der Waals surface area contributed by atoms with Crippen LogP contribution in [-0.2, 0) is 23.9 Å². The van der Waals surface area contributed by atoms with Crippen molar-refractivity contribution in [3.8, 4) is 0 Å². The molecule has 1 saturated carbocycles. The number of carboxylic acid groups (broad SMARTS) is 1. The Morgan fingerprint density at radius 2 is 1.67 bits per heavy atom. The smallest absolute Gasteiger partial charge is 0.410 e. The van der Waals surface area contributed by atoms with Gasteiger partial charge in [0.15, 0.2) is 0 Å². The second kappa shape index (κ2) is 9.71. The number of carbonyl (C=O) groups is 4. The third-order valence-electron chi connectivity index (χ3n) is 4.73. The molecule has 8 nitrogen and oxygen atoms in total. The van der Waals surface area contributed by atoms with Crippen LogP contribution in [0.2, 0.25) is 0 Å². The normalized spacial score (nSPS) is 17.5. The van der Waals surface area contributed by atoms with Gasteiger partial charge >= 0.3 is 18.0 Å². The van der Waals surface area contributed by atoms with Gasteiger partial charge in [0.25, 0.3) is 6.29 Å². The summed E-state index contributed by atoms with van der Waals surface area (Å²) in [5.41, 5.74) is -1.22. The zero-order chi connectivity index (χ0) is 20.7. The van der Waals surface area contributed by atoms with Crippen molar-refractivity contribution in [1.29, 1.82) is 0 Å². The number of amides is 1. The lowest BCUT2D eigenvalue weighted by Crippen LogP contribution is -2.44. The maximum Gasteiger partial charge on any atom is 0.410 e. The highest BCUT2D eigenvalue weighted by molar-refractivity contribution is 6.33. The minimum atomic E-state index is -1.23. The molecule has 27 heavy (non-hydrogen) atoms. The second-order valence-electron chi connectivity index (χ2n) is 8.27. The molecular weight excluding hydrogens is 354 g/mol. The van der Waals surface area contributed by atoms with E-state index >= 15 is 0 Å². The van der Waals surface area contributed by atoms with E-state index in [0.717, 1.165) is 32.1 Å². The van der Waals surface area contributed by atoms with Crippen LogP contribution in [0.4, 0.5) is 4.79 Å². The van der Waals surface area contributed by atoms with Crippen molar-refractivity contribution in [2.75, 3.05) is 6.54 Å². The van der Waals surface area contributed by atoms with E-state index in [1.807, 2.05) is 0 Å². The van der Waals surface area contributed by atoms with E-state index in [-0.39, 0.29) is 19.4 Å². The van der Waals surface area contributed by atoms with Crippen LogP contribution < -0.4 is 5.32 Å². The Balaban J connectivity index is 2.70. The molecule has 0 radical (unpaired) electrons. The summed E-state index contributed by atoms with van der Waals surface area (Å²) < 4.78 is 10.3. The van der Waals surface area contributed by atoms with Crippen molar-refractivity contribution in [2.24, 2.45) is 10.8 Å². The lowest BCUT2D eigenvalue weighted by molar-refractivity contribution is -0.188. The molecule has 1 rings (SSSR count). The molecule has 2 N–H and O–H groups in total. The molecule has 0 spiro atoms. The van der Waals surface area contributed by atoms with Gasteiger partial charge < -0.3 is 19.9 Å². The van der Waals surface area contributed by atoms with Crippen LogP contribution in [0.5, 0.6) is 0 Å². The summed E-state index contributed by atoms with van der Waals surface area (Å²) in [6, 6.07) is 0. The highest BCUT2D eigenvalue weighted by Gasteiger charge is 2.37. The topological polar surface area (TPSA) is 119 Å². The first kappa shape index (κ1) is 22.9. The summed E-state index contributed by atoms with van der Waals surface area (Å²) in [5.74, 6) is -2.64.